The van der Waals surface area contributed by atoms with Gasteiger partial charge in [-0.25, -0.2) is 9.37 Å². The summed E-state index contributed by atoms with van der Waals surface area (Å²) in [6.45, 7) is 4.01. The summed E-state index contributed by atoms with van der Waals surface area (Å²) in [6.07, 6.45) is 0. The van der Waals surface area contributed by atoms with E-state index >= 15 is 0 Å². The van der Waals surface area contributed by atoms with Crippen molar-refractivity contribution in [1.82, 2.24) is 4.98 Å². The molecule has 122 valence electrons. The summed E-state index contributed by atoms with van der Waals surface area (Å²) in [6, 6.07) is 15.2. The number of rotatable bonds is 4. The van der Waals surface area contributed by atoms with Crippen molar-refractivity contribution >= 4 is 11.6 Å². The average molecular weight is 324 g/mol. The number of anilines is 1. The number of aryl methyl sites for hydroxylation is 1. The van der Waals surface area contributed by atoms with Gasteiger partial charge in [0.15, 0.2) is 5.69 Å². The molecule has 0 saturated heterocycles. The molecule has 0 saturated carbocycles. The molecule has 0 atom stereocenters. The molecule has 3 rings (SSSR count). The van der Waals surface area contributed by atoms with Crippen molar-refractivity contribution < 1.29 is 13.6 Å². The summed E-state index contributed by atoms with van der Waals surface area (Å²) < 4.78 is 18.8. The molecule has 1 heterocycles. The zero-order valence-corrected chi connectivity index (χ0v) is 13.5. The van der Waals surface area contributed by atoms with Gasteiger partial charge in [-0.05, 0) is 50.2 Å². The molecular formula is C19H17FN2O2. The van der Waals surface area contributed by atoms with Crippen LogP contribution in [0.25, 0.3) is 11.5 Å². The van der Waals surface area contributed by atoms with Crippen molar-refractivity contribution in [2.75, 3.05) is 11.4 Å². The number of amides is 1. The third-order valence-electron chi connectivity index (χ3n) is 3.72. The fourth-order valence-corrected chi connectivity index (χ4v) is 2.49. The lowest BCUT2D eigenvalue weighted by Crippen LogP contribution is -2.31. The Bertz CT molecular complexity index is 842. The minimum absolute atomic E-state index is 0.264. The molecule has 0 spiro atoms. The molecule has 1 amide bonds. The van der Waals surface area contributed by atoms with Gasteiger partial charge in [0.25, 0.3) is 5.91 Å². The van der Waals surface area contributed by atoms with E-state index in [0.29, 0.717) is 23.9 Å². The van der Waals surface area contributed by atoms with E-state index in [-0.39, 0.29) is 17.4 Å². The van der Waals surface area contributed by atoms with E-state index in [2.05, 4.69) is 4.98 Å². The SMILES string of the molecule is CCN(C(=O)c1nc(-c2ccccc2)oc1C)c1ccc(F)cc1. The van der Waals surface area contributed by atoms with Gasteiger partial charge >= 0.3 is 0 Å². The lowest BCUT2D eigenvalue weighted by atomic mass is 10.2. The van der Waals surface area contributed by atoms with Gasteiger partial charge in [0.2, 0.25) is 5.89 Å². The molecule has 0 aliphatic rings. The van der Waals surface area contributed by atoms with Crippen LogP contribution in [0.4, 0.5) is 10.1 Å². The first-order chi connectivity index (χ1) is 11.6. The molecule has 4 nitrogen and oxygen atoms in total. The molecule has 0 N–H and O–H groups in total. The smallest absolute Gasteiger partial charge is 0.280 e. The molecule has 0 aliphatic carbocycles. The van der Waals surface area contributed by atoms with Gasteiger partial charge in [-0.2, -0.15) is 0 Å². The van der Waals surface area contributed by atoms with Gasteiger partial charge < -0.3 is 9.32 Å². The normalized spacial score (nSPS) is 10.6. The number of hydrogen-bond donors (Lipinski definition) is 0. The van der Waals surface area contributed by atoms with Crippen molar-refractivity contribution in [2.24, 2.45) is 0 Å². The number of oxazole rings is 1. The van der Waals surface area contributed by atoms with Gasteiger partial charge in [0.05, 0.1) is 0 Å². The first kappa shape index (κ1) is 15.9. The van der Waals surface area contributed by atoms with Crippen LogP contribution in [0.15, 0.2) is 59.0 Å². The van der Waals surface area contributed by atoms with Crippen LogP contribution in [-0.4, -0.2) is 17.4 Å². The lowest BCUT2D eigenvalue weighted by Gasteiger charge is -2.20. The molecule has 0 bridgehead atoms. The summed E-state index contributed by atoms with van der Waals surface area (Å²) in [5.74, 6) is 0.254. The highest BCUT2D eigenvalue weighted by atomic mass is 19.1. The number of carbonyl (C=O) groups excluding carboxylic acids is 1. The average Bonchev–Trinajstić information content (AvgIpc) is 3.00. The van der Waals surface area contributed by atoms with Gasteiger partial charge in [-0.1, -0.05) is 18.2 Å². The summed E-state index contributed by atoms with van der Waals surface area (Å²) in [4.78, 5) is 18.7. The van der Waals surface area contributed by atoms with Crippen LogP contribution < -0.4 is 4.90 Å². The van der Waals surface area contributed by atoms with E-state index in [1.165, 1.54) is 12.1 Å². The van der Waals surface area contributed by atoms with Gasteiger partial charge in [0.1, 0.15) is 11.6 Å². The maximum atomic E-state index is 13.1. The Labute approximate surface area is 139 Å². The predicted octanol–water partition coefficient (Wildman–Crippen LogP) is 4.46. The van der Waals surface area contributed by atoms with Crippen LogP contribution in [-0.2, 0) is 0 Å². The second kappa shape index (κ2) is 6.66. The topological polar surface area (TPSA) is 46.3 Å². The molecule has 0 aliphatic heterocycles. The van der Waals surface area contributed by atoms with Crippen LogP contribution in [0.3, 0.4) is 0 Å². The van der Waals surface area contributed by atoms with Crippen LogP contribution >= 0.6 is 0 Å². The fraction of sp³-hybridized carbons (Fsp3) is 0.158. The van der Waals surface area contributed by atoms with Crippen LogP contribution in [0.1, 0.15) is 23.2 Å². The first-order valence-electron chi connectivity index (χ1n) is 7.70. The molecule has 0 radical (unpaired) electrons. The molecule has 5 heteroatoms. The molecule has 0 fully saturated rings. The monoisotopic (exact) mass is 324 g/mol. The van der Waals surface area contributed by atoms with Crippen LogP contribution in [0.2, 0.25) is 0 Å². The Kier molecular flexibility index (Phi) is 4.42. The number of carbonyl (C=O) groups is 1. The fourth-order valence-electron chi connectivity index (χ4n) is 2.49. The first-order valence-corrected chi connectivity index (χ1v) is 7.70. The molecule has 2 aromatic carbocycles. The quantitative estimate of drug-likeness (QED) is 0.712. The predicted molar refractivity (Wildman–Crippen MR) is 90.4 cm³/mol. The third-order valence-corrected chi connectivity index (χ3v) is 3.72. The van der Waals surface area contributed by atoms with Gasteiger partial charge in [0, 0.05) is 17.8 Å². The Morgan fingerprint density at radius 2 is 1.79 bits per heavy atom. The zero-order chi connectivity index (χ0) is 17.1. The van der Waals surface area contributed by atoms with Crippen molar-refractivity contribution in [3.8, 4) is 11.5 Å². The van der Waals surface area contributed by atoms with E-state index in [4.69, 9.17) is 4.42 Å². The third kappa shape index (κ3) is 3.06. The molecule has 1 aromatic heterocycles. The maximum Gasteiger partial charge on any atom is 0.280 e. The number of hydrogen-bond acceptors (Lipinski definition) is 3. The lowest BCUT2D eigenvalue weighted by molar-refractivity contribution is 0.0982. The molecule has 24 heavy (non-hydrogen) atoms. The van der Waals surface area contributed by atoms with Crippen molar-refractivity contribution in [2.45, 2.75) is 13.8 Å². The highest BCUT2D eigenvalue weighted by Gasteiger charge is 2.23. The number of nitrogens with zero attached hydrogens (tertiary/aromatic N) is 2. The summed E-state index contributed by atoms with van der Waals surface area (Å²) >= 11 is 0. The zero-order valence-electron chi connectivity index (χ0n) is 13.5. The molecule has 0 unspecified atom stereocenters. The summed E-state index contributed by atoms with van der Waals surface area (Å²) in [7, 11) is 0. The highest BCUT2D eigenvalue weighted by molar-refractivity contribution is 6.05. The Balaban J connectivity index is 1.94. The van der Waals surface area contributed by atoms with E-state index in [9.17, 15) is 9.18 Å². The van der Waals surface area contributed by atoms with Crippen molar-refractivity contribution in [1.29, 1.82) is 0 Å². The number of halogens is 1. The molecule has 3 aromatic rings. The second-order valence-corrected chi connectivity index (χ2v) is 5.32. The Morgan fingerprint density at radius 3 is 2.42 bits per heavy atom. The van der Waals surface area contributed by atoms with Crippen LogP contribution in [0.5, 0.6) is 0 Å². The van der Waals surface area contributed by atoms with Gasteiger partial charge in [-0.3, -0.25) is 4.79 Å². The minimum Gasteiger partial charge on any atom is -0.441 e. The second-order valence-electron chi connectivity index (χ2n) is 5.32. The highest BCUT2D eigenvalue weighted by Crippen LogP contribution is 2.24. The number of benzene rings is 2. The Morgan fingerprint density at radius 1 is 1.12 bits per heavy atom. The van der Waals surface area contributed by atoms with Crippen molar-refractivity contribution in [3.05, 3.63) is 71.9 Å². The maximum absolute atomic E-state index is 13.1. The summed E-state index contributed by atoms with van der Waals surface area (Å²) in [5.41, 5.74) is 1.69. The van der Waals surface area contributed by atoms with E-state index in [1.807, 2.05) is 37.3 Å². The summed E-state index contributed by atoms with van der Waals surface area (Å²) in [5, 5.41) is 0. The van der Waals surface area contributed by atoms with E-state index in [1.54, 1.807) is 24.0 Å². The van der Waals surface area contributed by atoms with E-state index < -0.39 is 0 Å². The van der Waals surface area contributed by atoms with Gasteiger partial charge in [-0.15, -0.1) is 0 Å². The van der Waals surface area contributed by atoms with E-state index in [0.717, 1.165) is 5.56 Å². The van der Waals surface area contributed by atoms with Crippen molar-refractivity contribution in [3.63, 3.8) is 0 Å². The molecular weight excluding hydrogens is 307 g/mol. The number of aromatic nitrogens is 1. The standard InChI is InChI=1S/C19H17FN2O2/c1-3-22(16-11-9-15(20)10-12-16)19(23)17-13(2)24-18(21-17)14-7-5-4-6-8-14/h4-12H,3H2,1-2H3. The minimum atomic E-state index is -0.341. The largest absolute Gasteiger partial charge is 0.441 e. The van der Waals surface area contributed by atoms with Crippen LogP contribution in [0, 0.1) is 12.7 Å². The Hall–Kier alpha value is -2.95.